The highest BCUT2D eigenvalue weighted by Gasteiger charge is 2.36. The predicted octanol–water partition coefficient (Wildman–Crippen LogP) is 5.70. The molecule has 0 spiro atoms. The summed E-state index contributed by atoms with van der Waals surface area (Å²) < 4.78 is 29.2. The van der Waals surface area contributed by atoms with Gasteiger partial charge in [0, 0.05) is 28.4 Å². The van der Waals surface area contributed by atoms with E-state index in [2.05, 4.69) is 37.0 Å². The standard InChI is InChI=1S/C27H19BCl2F2N8/c28-27(19-3-1-2-4-20(19)29,23-13-40(39-38-23)17-5-6-17)37-15-7-18-24(36-16-9-22(31)26(32)35-12-16)14(10-33)11-34-25(18)21(30)8-15/h1-4,7-9,11-13,17,37H,5-6,28H2,(H,34,36). The molecule has 0 saturated heterocycles. The van der Waals surface area contributed by atoms with E-state index in [4.69, 9.17) is 23.2 Å². The second-order valence-electron chi connectivity index (χ2n) is 9.68. The lowest BCUT2D eigenvalue weighted by molar-refractivity contribution is 0.480. The number of nitrogens with zero attached hydrogens (tertiary/aromatic N) is 6. The van der Waals surface area contributed by atoms with Gasteiger partial charge < -0.3 is 10.6 Å². The summed E-state index contributed by atoms with van der Waals surface area (Å²) in [5.41, 5.74) is 2.10. The molecule has 0 amide bonds. The van der Waals surface area contributed by atoms with Crippen molar-refractivity contribution in [3.05, 3.63) is 99.7 Å². The van der Waals surface area contributed by atoms with Crippen LogP contribution in [0.25, 0.3) is 10.9 Å². The summed E-state index contributed by atoms with van der Waals surface area (Å²) in [5.74, 6) is -2.35. The molecule has 6 rings (SSSR count). The number of anilines is 3. The van der Waals surface area contributed by atoms with Crippen molar-refractivity contribution in [2.45, 2.75) is 24.3 Å². The molecule has 1 atom stereocenters. The lowest BCUT2D eigenvalue weighted by Crippen LogP contribution is -2.38. The molecule has 2 N–H and O–H groups in total. The molecule has 3 heterocycles. The van der Waals surface area contributed by atoms with Gasteiger partial charge in [-0.2, -0.15) is 9.65 Å². The number of fused-ring (bicyclic) bond motifs is 1. The van der Waals surface area contributed by atoms with Gasteiger partial charge in [0.1, 0.15) is 19.6 Å². The van der Waals surface area contributed by atoms with Crippen molar-refractivity contribution >= 4 is 59.0 Å². The van der Waals surface area contributed by atoms with Crippen LogP contribution in [0.15, 0.2) is 61.1 Å². The summed E-state index contributed by atoms with van der Waals surface area (Å²) in [7, 11) is 1.95. The molecule has 1 aliphatic carbocycles. The molecule has 5 aromatic rings. The SMILES string of the molecule is BC(Nc1cc(Cl)c2ncc(C#N)c(Nc3cnc(F)c(F)c3)c2c1)(c1cn(C2CC2)nn1)c1ccccc1Cl. The Hall–Kier alpha value is -4.27. The molecular formula is C27H19BCl2F2N8. The van der Waals surface area contributed by atoms with Crippen molar-refractivity contribution in [1.82, 2.24) is 25.0 Å². The third-order valence-electron chi connectivity index (χ3n) is 6.86. The molecule has 40 heavy (non-hydrogen) atoms. The smallest absolute Gasteiger partial charge is 0.249 e. The van der Waals surface area contributed by atoms with E-state index < -0.39 is 17.2 Å². The third-order valence-corrected chi connectivity index (χ3v) is 7.48. The average Bonchev–Trinajstić information content (AvgIpc) is 3.66. The highest BCUT2D eigenvalue weighted by molar-refractivity contribution is 6.36. The Kier molecular flexibility index (Phi) is 6.52. The first-order valence-corrected chi connectivity index (χ1v) is 13.1. The van der Waals surface area contributed by atoms with E-state index >= 15 is 0 Å². The fourth-order valence-corrected chi connectivity index (χ4v) is 5.23. The number of pyridine rings is 2. The van der Waals surface area contributed by atoms with E-state index in [-0.39, 0.29) is 11.3 Å². The number of nitrogens with one attached hydrogen (secondary N) is 2. The zero-order chi connectivity index (χ0) is 28.0. The molecule has 0 aliphatic heterocycles. The normalized spacial score (nSPS) is 14.5. The highest BCUT2D eigenvalue weighted by atomic mass is 35.5. The fraction of sp³-hybridized carbons (Fsp3) is 0.148. The van der Waals surface area contributed by atoms with Gasteiger partial charge in [0.05, 0.1) is 51.4 Å². The van der Waals surface area contributed by atoms with Gasteiger partial charge in [-0.1, -0.05) is 46.6 Å². The second kappa shape index (κ2) is 10.0. The first-order valence-electron chi connectivity index (χ1n) is 12.3. The summed E-state index contributed by atoms with van der Waals surface area (Å²) in [5, 5.41) is 26.5. The first kappa shape index (κ1) is 26.0. The van der Waals surface area contributed by atoms with Crippen molar-refractivity contribution < 1.29 is 8.78 Å². The van der Waals surface area contributed by atoms with Crippen LogP contribution in [0.5, 0.6) is 0 Å². The van der Waals surface area contributed by atoms with Crippen LogP contribution < -0.4 is 10.6 Å². The molecule has 8 nitrogen and oxygen atoms in total. The monoisotopic (exact) mass is 574 g/mol. The van der Waals surface area contributed by atoms with Gasteiger partial charge in [-0.15, -0.1) is 5.10 Å². The number of nitriles is 1. The zero-order valence-electron chi connectivity index (χ0n) is 21.0. The van der Waals surface area contributed by atoms with Crippen LogP contribution in [-0.2, 0) is 5.44 Å². The molecule has 1 unspecified atom stereocenters. The quantitative estimate of drug-likeness (QED) is 0.190. The Morgan fingerprint density at radius 3 is 2.58 bits per heavy atom. The molecule has 3 aromatic heterocycles. The van der Waals surface area contributed by atoms with Crippen molar-refractivity contribution in [1.29, 1.82) is 5.26 Å². The Balaban J connectivity index is 1.49. The van der Waals surface area contributed by atoms with Gasteiger partial charge >= 0.3 is 0 Å². The van der Waals surface area contributed by atoms with Gasteiger partial charge in [0.2, 0.25) is 5.95 Å². The molecular weight excluding hydrogens is 556 g/mol. The van der Waals surface area contributed by atoms with E-state index in [1.807, 2.05) is 36.9 Å². The van der Waals surface area contributed by atoms with E-state index in [1.54, 1.807) is 18.2 Å². The molecule has 0 bridgehead atoms. The minimum absolute atomic E-state index is 0.148. The minimum Gasteiger partial charge on any atom is -0.377 e. The van der Waals surface area contributed by atoms with Crippen molar-refractivity contribution in [3.63, 3.8) is 0 Å². The molecule has 1 aliphatic rings. The Morgan fingerprint density at radius 2 is 1.85 bits per heavy atom. The van der Waals surface area contributed by atoms with Crippen LogP contribution >= 0.6 is 23.2 Å². The highest BCUT2D eigenvalue weighted by Crippen LogP contribution is 2.40. The molecule has 198 valence electrons. The number of aromatic nitrogens is 5. The zero-order valence-corrected chi connectivity index (χ0v) is 22.5. The maximum atomic E-state index is 13.9. The van der Waals surface area contributed by atoms with E-state index in [1.165, 1.54) is 6.20 Å². The number of rotatable bonds is 7. The van der Waals surface area contributed by atoms with Gasteiger partial charge in [0.15, 0.2) is 5.82 Å². The number of hydrogen-bond acceptors (Lipinski definition) is 7. The molecule has 13 heteroatoms. The lowest BCUT2D eigenvalue weighted by atomic mass is 9.69. The van der Waals surface area contributed by atoms with Crippen LogP contribution in [0.1, 0.15) is 35.7 Å². The van der Waals surface area contributed by atoms with Crippen LogP contribution in [0.2, 0.25) is 10.0 Å². The van der Waals surface area contributed by atoms with E-state index in [9.17, 15) is 14.0 Å². The average molecular weight is 575 g/mol. The summed E-state index contributed by atoms with van der Waals surface area (Å²) in [6, 6.07) is 14.3. The van der Waals surface area contributed by atoms with Crippen molar-refractivity contribution in [2.75, 3.05) is 10.6 Å². The number of hydrogen-bond donors (Lipinski definition) is 2. The van der Waals surface area contributed by atoms with Crippen LogP contribution in [0.4, 0.5) is 25.8 Å². The van der Waals surface area contributed by atoms with Gasteiger partial charge in [-0.05, 0) is 36.6 Å². The second-order valence-corrected chi connectivity index (χ2v) is 10.5. The number of benzene rings is 2. The van der Waals surface area contributed by atoms with Gasteiger partial charge in [0.25, 0.3) is 0 Å². The molecule has 2 aromatic carbocycles. The Morgan fingerprint density at radius 1 is 1.05 bits per heavy atom. The summed E-state index contributed by atoms with van der Waals surface area (Å²) in [6.07, 6.45) is 6.51. The summed E-state index contributed by atoms with van der Waals surface area (Å²) in [4.78, 5) is 7.78. The minimum atomic E-state index is -1.22. The maximum absolute atomic E-state index is 13.9. The summed E-state index contributed by atoms with van der Waals surface area (Å²) >= 11 is 13.4. The molecule has 1 saturated carbocycles. The van der Waals surface area contributed by atoms with Crippen LogP contribution in [-0.4, -0.2) is 32.8 Å². The summed E-state index contributed by atoms with van der Waals surface area (Å²) in [6.45, 7) is 0. The Bertz CT molecular complexity index is 1820. The first-order chi connectivity index (χ1) is 19.3. The molecule has 0 radical (unpaired) electrons. The van der Waals surface area contributed by atoms with Crippen LogP contribution in [0, 0.1) is 23.1 Å². The largest absolute Gasteiger partial charge is 0.377 e. The van der Waals surface area contributed by atoms with Crippen molar-refractivity contribution in [2.24, 2.45) is 0 Å². The maximum Gasteiger partial charge on any atom is 0.249 e. The number of halogens is 4. The lowest BCUT2D eigenvalue weighted by Gasteiger charge is -2.32. The Labute approximate surface area is 238 Å². The fourth-order valence-electron chi connectivity index (χ4n) is 4.63. The van der Waals surface area contributed by atoms with Crippen LogP contribution in [0.3, 0.4) is 0 Å². The molecule has 1 fully saturated rings. The van der Waals surface area contributed by atoms with Gasteiger partial charge in [-0.3, -0.25) is 4.98 Å². The van der Waals surface area contributed by atoms with Crippen molar-refractivity contribution in [3.8, 4) is 6.07 Å². The van der Waals surface area contributed by atoms with Gasteiger partial charge in [-0.25, -0.2) is 14.1 Å². The third kappa shape index (κ3) is 4.70. The predicted molar refractivity (Wildman–Crippen MR) is 152 cm³/mol. The topological polar surface area (TPSA) is 104 Å². The van der Waals surface area contributed by atoms with E-state index in [0.717, 1.165) is 30.7 Å². The van der Waals surface area contributed by atoms with E-state index in [0.29, 0.717) is 44.1 Å².